The van der Waals surface area contributed by atoms with Gasteiger partial charge in [-0.05, 0) is 74.3 Å². The first-order valence-electron chi connectivity index (χ1n) is 12.2. The van der Waals surface area contributed by atoms with Gasteiger partial charge in [0.05, 0.1) is 28.3 Å². The predicted molar refractivity (Wildman–Crippen MR) is 135 cm³/mol. The summed E-state index contributed by atoms with van der Waals surface area (Å²) in [5, 5.41) is 5.16. The second kappa shape index (κ2) is 10.5. The van der Waals surface area contributed by atoms with E-state index in [0.29, 0.717) is 52.5 Å². The fourth-order valence-corrected chi connectivity index (χ4v) is 6.33. The second-order valence-electron chi connectivity index (χ2n) is 9.76. The van der Waals surface area contributed by atoms with Crippen molar-refractivity contribution in [1.29, 1.82) is 0 Å². The number of nitrogens with zero attached hydrogens (tertiary/aromatic N) is 1. The van der Waals surface area contributed by atoms with Crippen molar-refractivity contribution in [1.82, 2.24) is 5.16 Å². The maximum absolute atomic E-state index is 13.5. The topological polar surface area (TPSA) is 89.6 Å². The molecule has 0 radical (unpaired) electrons. The summed E-state index contributed by atoms with van der Waals surface area (Å²) in [6, 6.07) is 8.19. The lowest BCUT2D eigenvalue weighted by Gasteiger charge is -2.29. The summed E-state index contributed by atoms with van der Waals surface area (Å²) in [5.74, 6) is 0.852. The Bertz CT molecular complexity index is 1430. The minimum absolute atomic E-state index is 0.123. The summed E-state index contributed by atoms with van der Waals surface area (Å²) >= 11 is 12.8. The third kappa shape index (κ3) is 5.74. The standard InChI is InChI=1S/C26H24Cl2F3NO5S/c27-20-2-1-3-21(28)23(20)24-18(25(37-32-24)15-4-5-15)13-36-17-9-6-14(7-10-17)16-8-11-22(38(33,34)35)19(12-16)26(29,30)31/h1-3,8,11-12,14-15,17H,4-7,9-10,13H2,(H,33,34,35). The van der Waals surface area contributed by atoms with Crippen molar-refractivity contribution < 1.29 is 35.4 Å². The van der Waals surface area contributed by atoms with E-state index in [9.17, 15) is 26.1 Å². The highest BCUT2D eigenvalue weighted by Crippen LogP contribution is 2.46. The van der Waals surface area contributed by atoms with E-state index in [-0.39, 0.29) is 24.5 Å². The van der Waals surface area contributed by atoms with Crippen molar-refractivity contribution in [2.24, 2.45) is 0 Å². The van der Waals surface area contributed by atoms with E-state index in [2.05, 4.69) is 5.16 Å². The van der Waals surface area contributed by atoms with Crippen molar-refractivity contribution in [3.8, 4) is 11.3 Å². The van der Waals surface area contributed by atoms with Crippen molar-refractivity contribution in [2.45, 2.75) is 74.1 Å². The first-order chi connectivity index (χ1) is 17.9. The van der Waals surface area contributed by atoms with Crippen molar-refractivity contribution in [2.75, 3.05) is 0 Å². The van der Waals surface area contributed by atoms with E-state index in [0.717, 1.165) is 36.3 Å². The second-order valence-corrected chi connectivity index (χ2v) is 12.0. The highest BCUT2D eigenvalue weighted by atomic mass is 35.5. The Kier molecular flexibility index (Phi) is 7.56. The molecule has 1 heterocycles. The molecule has 2 saturated carbocycles. The molecule has 1 N–H and O–H groups in total. The summed E-state index contributed by atoms with van der Waals surface area (Å²) in [6.07, 6.45) is -0.691. The minimum Gasteiger partial charge on any atom is -0.373 e. The lowest BCUT2D eigenvalue weighted by Crippen LogP contribution is -2.21. The first kappa shape index (κ1) is 27.5. The van der Waals surface area contributed by atoms with Crippen molar-refractivity contribution in [3.05, 3.63) is 68.9 Å². The predicted octanol–water partition coefficient (Wildman–Crippen LogP) is 8.03. The molecule has 6 nitrogen and oxygen atoms in total. The van der Waals surface area contributed by atoms with Crippen LogP contribution in [-0.2, 0) is 27.6 Å². The molecule has 2 aromatic carbocycles. The number of ether oxygens (including phenoxy) is 1. The quantitative estimate of drug-likeness (QED) is 0.280. The third-order valence-corrected chi connectivity index (χ3v) is 8.70. The summed E-state index contributed by atoms with van der Waals surface area (Å²) in [4.78, 5) is -1.14. The Hall–Kier alpha value is -2.11. The molecule has 0 bridgehead atoms. The summed E-state index contributed by atoms with van der Waals surface area (Å²) < 4.78 is 84.5. The zero-order valence-corrected chi connectivity index (χ0v) is 22.3. The zero-order valence-electron chi connectivity index (χ0n) is 20.0. The van der Waals surface area contributed by atoms with Gasteiger partial charge >= 0.3 is 6.18 Å². The molecule has 0 aliphatic heterocycles. The number of alkyl halides is 3. The highest BCUT2D eigenvalue weighted by Gasteiger charge is 2.38. The fraction of sp³-hybridized carbons (Fsp3) is 0.423. The number of halogens is 5. The normalized spacial score (nSPS) is 20.6. The zero-order chi connectivity index (χ0) is 27.2. The van der Waals surface area contributed by atoms with E-state index in [1.54, 1.807) is 18.2 Å². The molecule has 0 spiro atoms. The van der Waals surface area contributed by atoms with Gasteiger partial charge in [-0.3, -0.25) is 4.55 Å². The van der Waals surface area contributed by atoms with Gasteiger partial charge in [0.15, 0.2) is 0 Å². The van der Waals surface area contributed by atoms with Crippen LogP contribution in [0, 0.1) is 0 Å². The van der Waals surface area contributed by atoms with E-state index in [1.807, 2.05) is 0 Å². The van der Waals surface area contributed by atoms with Gasteiger partial charge in [0.1, 0.15) is 16.3 Å². The van der Waals surface area contributed by atoms with E-state index in [1.165, 1.54) is 6.07 Å². The fourth-order valence-electron chi connectivity index (χ4n) is 5.06. The highest BCUT2D eigenvalue weighted by molar-refractivity contribution is 7.85. The van der Waals surface area contributed by atoms with Gasteiger partial charge in [-0.1, -0.05) is 40.5 Å². The first-order valence-corrected chi connectivity index (χ1v) is 14.4. The van der Waals surface area contributed by atoms with Crippen molar-refractivity contribution >= 4 is 33.3 Å². The summed E-state index contributed by atoms with van der Waals surface area (Å²) in [5.41, 5.74) is 0.966. The number of rotatable bonds is 7. The van der Waals surface area contributed by atoms with Crippen LogP contribution >= 0.6 is 23.2 Å². The molecular formula is C26H24Cl2F3NO5S. The number of aromatic nitrogens is 1. The van der Waals surface area contributed by atoms with Crippen LogP contribution in [0.15, 0.2) is 45.8 Å². The van der Waals surface area contributed by atoms with E-state index in [4.69, 9.17) is 32.5 Å². The van der Waals surface area contributed by atoms with Crippen LogP contribution in [0.2, 0.25) is 10.0 Å². The number of hydrogen-bond acceptors (Lipinski definition) is 5. The van der Waals surface area contributed by atoms with Gasteiger partial charge in [0.2, 0.25) is 0 Å². The molecule has 5 rings (SSSR count). The SMILES string of the molecule is O=S(=O)(O)c1ccc(C2CCC(OCc3c(-c4c(Cl)cccc4Cl)noc3C3CC3)CC2)cc1C(F)(F)F. The molecule has 0 saturated heterocycles. The van der Waals surface area contributed by atoms with Gasteiger partial charge < -0.3 is 9.26 Å². The maximum Gasteiger partial charge on any atom is 0.417 e. The Balaban J connectivity index is 1.29. The number of benzene rings is 2. The molecule has 2 fully saturated rings. The van der Waals surface area contributed by atoms with Gasteiger partial charge in [-0.15, -0.1) is 0 Å². The van der Waals surface area contributed by atoms with Crippen LogP contribution in [0.4, 0.5) is 13.2 Å². The Morgan fingerprint density at radius 1 is 1.00 bits per heavy atom. The van der Waals surface area contributed by atoms with Gasteiger partial charge in [0, 0.05) is 17.0 Å². The molecule has 2 aliphatic rings. The Morgan fingerprint density at radius 3 is 2.21 bits per heavy atom. The van der Waals surface area contributed by atoms with Crippen LogP contribution < -0.4 is 0 Å². The summed E-state index contributed by atoms with van der Waals surface area (Å²) in [7, 11) is -5.01. The maximum atomic E-state index is 13.5. The molecule has 1 aromatic heterocycles. The van der Waals surface area contributed by atoms with E-state index < -0.39 is 26.8 Å². The lowest BCUT2D eigenvalue weighted by atomic mass is 9.82. The van der Waals surface area contributed by atoms with Crippen LogP contribution in [0.1, 0.15) is 72.8 Å². The summed E-state index contributed by atoms with van der Waals surface area (Å²) in [6.45, 7) is 0.239. The molecular weight excluding hydrogens is 566 g/mol. The average molecular weight is 590 g/mol. The Morgan fingerprint density at radius 2 is 1.63 bits per heavy atom. The van der Waals surface area contributed by atoms with Crippen LogP contribution in [0.3, 0.4) is 0 Å². The van der Waals surface area contributed by atoms with Crippen molar-refractivity contribution in [3.63, 3.8) is 0 Å². The molecule has 0 unspecified atom stereocenters. The number of hydrogen-bond donors (Lipinski definition) is 1. The van der Waals surface area contributed by atoms with Gasteiger partial charge in [0.25, 0.3) is 10.1 Å². The molecule has 0 amide bonds. The van der Waals surface area contributed by atoms with Gasteiger partial charge in [-0.2, -0.15) is 21.6 Å². The molecule has 12 heteroatoms. The average Bonchev–Trinajstić information content (AvgIpc) is 3.62. The Labute approximate surface area is 227 Å². The molecule has 38 heavy (non-hydrogen) atoms. The lowest BCUT2D eigenvalue weighted by molar-refractivity contribution is -0.140. The molecule has 204 valence electrons. The van der Waals surface area contributed by atoms with Crippen LogP contribution in [0.25, 0.3) is 11.3 Å². The minimum atomic E-state index is -5.01. The third-order valence-electron chi connectivity index (χ3n) is 7.16. The van der Waals surface area contributed by atoms with Gasteiger partial charge in [-0.25, -0.2) is 0 Å². The van der Waals surface area contributed by atoms with Crippen LogP contribution in [-0.4, -0.2) is 24.2 Å². The molecule has 3 aromatic rings. The van der Waals surface area contributed by atoms with E-state index >= 15 is 0 Å². The monoisotopic (exact) mass is 589 g/mol. The molecule has 0 atom stereocenters. The smallest absolute Gasteiger partial charge is 0.373 e. The molecule has 2 aliphatic carbocycles. The largest absolute Gasteiger partial charge is 0.417 e. The van der Waals surface area contributed by atoms with Crippen LogP contribution in [0.5, 0.6) is 0 Å².